The predicted octanol–water partition coefficient (Wildman–Crippen LogP) is 2.96. The zero-order valence-electron chi connectivity index (χ0n) is 17.2. The van der Waals surface area contributed by atoms with E-state index in [9.17, 15) is 17.6 Å². The van der Waals surface area contributed by atoms with E-state index in [0.717, 1.165) is 18.0 Å². The van der Waals surface area contributed by atoms with Gasteiger partial charge in [0.15, 0.2) is 11.0 Å². The quantitative estimate of drug-likeness (QED) is 0.516. The highest BCUT2D eigenvalue weighted by Crippen LogP contribution is 2.22. The molecule has 1 amide bonds. The minimum Gasteiger partial charge on any atom is -0.325 e. The van der Waals surface area contributed by atoms with Gasteiger partial charge >= 0.3 is 0 Å². The van der Waals surface area contributed by atoms with Gasteiger partial charge in [-0.3, -0.25) is 9.10 Å². The average Bonchev–Trinajstić information content (AvgIpc) is 3.07. The van der Waals surface area contributed by atoms with Crippen LogP contribution in [0.3, 0.4) is 0 Å². The van der Waals surface area contributed by atoms with Crippen molar-refractivity contribution in [3.63, 3.8) is 0 Å². The van der Waals surface area contributed by atoms with Crippen molar-refractivity contribution in [3.05, 3.63) is 65.7 Å². The van der Waals surface area contributed by atoms with E-state index in [-0.39, 0.29) is 18.2 Å². The number of nitrogens with one attached hydrogen (secondary N) is 1. The van der Waals surface area contributed by atoms with Gasteiger partial charge in [-0.15, -0.1) is 10.2 Å². The summed E-state index contributed by atoms with van der Waals surface area (Å²) in [6.45, 7) is 1.59. The second-order valence-electron chi connectivity index (χ2n) is 6.81. The molecule has 0 spiro atoms. The van der Waals surface area contributed by atoms with E-state index >= 15 is 0 Å². The van der Waals surface area contributed by atoms with Crippen LogP contribution < -0.4 is 9.62 Å². The molecule has 11 heteroatoms. The second kappa shape index (κ2) is 9.48. The van der Waals surface area contributed by atoms with Gasteiger partial charge < -0.3 is 9.88 Å². The number of anilines is 2. The molecule has 8 nitrogen and oxygen atoms in total. The van der Waals surface area contributed by atoms with Crippen LogP contribution in [-0.4, -0.2) is 41.1 Å². The number of sulfonamides is 1. The van der Waals surface area contributed by atoms with Crippen LogP contribution in [0.4, 0.5) is 15.8 Å². The molecule has 1 N–H and O–H groups in total. The van der Waals surface area contributed by atoms with Gasteiger partial charge in [-0.2, -0.15) is 0 Å². The molecule has 0 bridgehead atoms. The fourth-order valence-corrected chi connectivity index (χ4v) is 4.38. The fourth-order valence-electron chi connectivity index (χ4n) is 2.79. The molecular weight excluding hydrogens is 441 g/mol. The first-order valence-electron chi connectivity index (χ1n) is 9.25. The van der Waals surface area contributed by atoms with Crippen molar-refractivity contribution in [3.8, 4) is 0 Å². The maximum atomic E-state index is 13.6. The molecule has 164 valence electrons. The van der Waals surface area contributed by atoms with E-state index in [1.165, 1.54) is 16.4 Å². The Bertz CT molecular complexity index is 1180. The summed E-state index contributed by atoms with van der Waals surface area (Å²) in [6.07, 6.45) is 1.13. The van der Waals surface area contributed by atoms with Crippen molar-refractivity contribution in [2.45, 2.75) is 18.6 Å². The summed E-state index contributed by atoms with van der Waals surface area (Å²) in [5, 5.41) is 11.3. The molecule has 0 aliphatic heterocycles. The van der Waals surface area contributed by atoms with Gasteiger partial charge in [-0.1, -0.05) is 36.0 Å². The SMILES string of the molecule is Cc1c(F)cccc1NC(=O)CSc1nnc(CN(c2ccccc2)S(C)(=O)=O)n1C. The maximum absolute atomic E-state index is 13.6. The molecule has 0 aliphatic rings. The Morgan fingerprint density at radius 2 is 1.87 bits per heavy atom. The Hall–Kier alpha value is -2.92. The highest BCUT2D eigenvalue weighted by molar-refractivity contribution is 7.99. The highest BCUT2D eigenvalue weighted by atomic mass is 32.2. The van der Waals surface area contributed by atoms with E-state index in [2.05, 4.69) is 15.5 Å². The van der Waals surface area contributed by atoms with Crippen LogP contribution in [0, 0.1) is 12.7 Å². The second-order valence-corrected chi connectivity index (χ2v) is 9.66. The number of carbonyl (C=O) groups excluding carboxylic acids is 1. The minimum absolute atomic E-state index is 0.00158. The van der Waals surface area contributed by atoms with Crippen LogP contribution in [0.25, 0.3) is 0 Å². The lowest BCUT2D eigenvalue weighted by Crippen LogP contribution is -2.30. The molecular formula is C20H22FN5O3S2. The van der Waals surface area contributed by atoms with E-state index in [1.54, 1.807) is 54.9 Å². The third-order valence-corrected chi connectivity index (χ3v) is 6.69. The summed E-state index contributed by atoms with van der Waals surface area (Å²) in [7, 11) is -1.83. The van der Waals surface area contributed by atoms with E-state index < -0.39 is 15.8 Å². The molecule has 0 unspecified atom stereocenters. The third-order valence-electron chi connectivity index (χ3n) is 4.53. The molecule has 0 aliphatic carbocycles. The number of nitrogens with zero attached hydrogens (tertiary/aromatic N) is 4. The molecule has 31 heavy (non-hydrogen) atoms. The van der Waals surface area contributed by atoms with Crippen molar-refractivity contribution < 1.29 is 17.6 Å². The number of carbonyl (C=O) groups is 1. The Morgan fingerprint density at radius 3 is 2.55 bits per heavy atom. The number of halogens is 1. The van der Waals surface area contributed by atoms with Crippen LogP contribution in [0.15, 0.2) is 53.7 Å². The number of amides is 1. The summed E-state index contributed by atoms with van der Waals surface area (Å²) in [5.74, 6) is -0.239. The molecule has 0 radical (unpaired) electrons. The third kappa shape index (κ3) is 5.61. The topological polar surface area (TPSA) is 97.2 Å². The largest absolute Gasteiger partial charge is 0.325 e. The summed E-state index contributed by atoms with van der Waals surface area (Å²) in [4.78, 5) is 12.3. The summed E-state index contributed by atoms with van der Waals surface area (Å²) in [6, 6.07) is 13.2. The number of aromatic nitrogens is 3. The van der Waals surface area contributed by atoms with Crippen molar-refractivity contribution in [2.75, 3.05) is 21.6 Å². The zero-order chi connectivity index (χ0) is 22.6. The summed E-state index contributed by atoms with van der Waals surface area (Å²) >= 11 is 1.15. The highest BCUT2D eigenvalue weighted by Gasteiger charge is 2.21. The summed E-state index contributed by atoms with van der Waals surface area (Å²) < 4.78 is 41.1. The van der Waals surface area contributed by atoms with Gasteiger partial charge in [-0.25, -0.2) is 12.8 Å². The van der Waals surface area contributed by atoms with Crippen molar-refractivity contribution in [2.24, 2.45) is 7.05 Å². The van der Waals surface area contributed by atoms with Crippen LogP contribution in [-0.2, 0) is 28.4 Å². The Balaban J connectivity index is 1.68. The molecule has 1 heterocycles. The first-order chi connectivity index (χ1) is 14.7. The number of rotatable bonds is 8. The number of thioether (sulfide) groups is 1. The van der Waals surface area contributed by atoms with Crippen molar-refractivity contribution >= 4 is 39.1 Å². The number of hydrogen-bond acceptors (Lipinski definition) is 6. The number of hydrogen-bond donors (Lipinski definition) is 1. The van der Waals surface area contributed by atoms with Crippen molar-refractivity contribution in [1.82, 2.24) is 14.8 Å². The normalized spacial score (nSPS) is 11.4. The zero-order valence-corrected chi connectivity index (χ0v) is 18.9. The Labute approximate surface area is 184 Å². The van der Waals surface area contributed by atoms with E-state index in [0.29, 0.717) is 27.9 Å². The Morgan fingerprint density at radius 1 is 1.16 bits per heavy atom. The van der Waals surface area contributed by atoms with Crippen LogP contribution in [0.1, 0.15) is 11.4 Å². The maximum Gasteiger partial charge on any atom is 0.234 e. The van der Waals surface area contributed by atoms with Gasteiger partial charge in [0.05, 0.1) is 24.2 Å². The lowest BCUT2D eigenvalue weighted by atomic mass is 10.2. The number of benzene rings is 2. The molecule has 1 aromatic heterocycles. The van der Waals surface area contributed by atoms with Gasteiger partial charge in [0.2, 0.25) is 15.9 Å². The monoisotopic (exact) mass is 463 g/mol. The molecule has 2 aromatic carbocycles. The lowest BCUT2D eigenvalue weighted by Gasteiger charge is -2.21. The average molecular weight is 464 g/mol. The van der Waals surface area contributed by atoms with Gasteiger partial charge in [0.1, 0.15) is 5.82 Å². The first kappa shape index (κ1) is 22.8. The molecule has 3 rings (SSSR count). The number of para-hydroxylation sites is 1. The minimum atomic E-state index is -3.54. The van der Waals surface area contributed by atoms with Crippen molar-refractivity contribution in [1.29, 1.82) is 0 Å². The lowest BCUT2D eigenvalue weighted by molar-refractivity contribution is -0.113. The molecule has 0 atom stereocenters. The molecule has 0 fully saturated rings. The molecule has 0 saturated heterocycles. The van der Waals surface area contributed by atoms with Gasteiger partial charge in [-0.05, 0) is 31.2 Å². The molecule has 3 aromatic rings. The van der Waals surface area contributed by atoms with Gasteiger partial charge in [0.25, 0.3) is 0 Å². The van der Waals surface area contributed by atoms with E-state index in [1.807, 2.05) is 0 Å². The van der Waals surface area contributed by atoms with Crippen LogP contribution >= 0.6 is 11.8 Å². The first-order valence-corrected chi connectivity index (χ1v) is 12.1. The Kier molecular flexibility index (Phi) is 6.96. The fraction of sp³-hybridized carbons (Fsp3) is 0.250. The standard InChI is InChI=1S/C20H22FN5O3S2/c1-14-16(21)10-7-11-17(14)22-19(27)13-30-20-24-23-18(25(20)2)12-26(31(3,28)29)15-8-5-4-6-9-15/h4-11H,12-13H2,1-3H3,(H,22,27). The van der Waals surface area contributed by atoms with Crippen LogP contribution in [0.2, 0.25) is 0 Å². The predicted molar refractivity (Wildman–Crippen MR) is 119 cm³/mol. The summed E-state index contributed by atoms with van der Waals surface area (Å²) in [5.41, 5.74) is 1.30. The molecule has 0 saturated carbocycles. The van der Waals surface area contributed by atoms with E-state index in [4.69, 9.17) is 0 Å². The smallest absolute Gasteiger partial charge is 0.234 e. The van der Waals surface area contributed by atoms with Gasteiger partial charge in [0, 0.05) is 18.3 Å². The van der Waals surface area contributed by atoms with Crippen LogP contribution in [0.5, 0.6) is 0 Å².